The average molecular weight is 173 g/mol. The van der Waals surface area contributed by atoms with Gasteiger partial charge in [0, 0.05) is 5.39 Å². The zero-order chi connectivity index (χ0) is 8.89. The quantitative estimate of drug-likeness (QED) is 0.719. The highest BCUT2D eigenvalue weighted by Gasteiger charge is 2.43. The minimum absolute atomic E-state index is 0.154. The fourth-order valence-electron chi connectivity index (χ4n) is 1.61. The van der Waals surface area contributed by atoms with Crippen molar-refractivity contribution >= 4 is 11.0 Å². The Bertz CT molecular complexity index is 421. The molecule has 1 heterocycles. The molecule has 1 fully saturated rings. The monoisotopic (exact) mass is 173 g/mol. The van der Waals surface area contributed by atoms with Crippen LogP contribution < -0.4 is 5.73 Å². The van der Waals surface area contributed by atoms with Gasteiger partial charge in [0.2, 0.25) is 0 Å². The van der Waals surface area contributed by atoms with Crippen molar-refractivity contribution < 1.29 is 4.42 Å². The summed E-state index contributed by atoms with van der Waals surface area (Å²) in [6.45, 7) is 0. The van der Waals surface area contributed by atoms with Gasteiger partial charge < -0.3 is 10.2 Å². The van der Waals surface area contributed by atoms with Crippen molar-refractivity contribution in [3.8, 4) is 0 Å². The molecule has 2 aromatic rings. The molecule has 66 valence electrons. The van der Waals surface area contributed by atoms with E-state index in [4.69, 9.17) is 10.2 Å². The van der Waals surface area contributed by atoms with Gasteiger partial charge in [-0.15, -0.1) is 0 Å². The van der Waals surface area contributed by atoms with Crippen LogP contribution in [0.1, 0.15) is 18.6 Å². The molecule has 0 saturated heterocycles. The number of hydrogen-bond acceptors (Lipinski definition) is 2. The second kappa shape index (κ2) is 2.15. The number of nitrogens with two attached hydrogens (primary N) is 1. The van der Waals surface area contributed by atoms with E-state index < -0.39 is 0 Å². The van der Waals surface area contributed by atoms with E-state index in [0.717, 1.165) is 29.6 Å². The van der Waals surface area contributed by atoms with Crippen molar-refractivity contribution in [3.05, 3.63) is 36.1 Å². The Kier molecular flexibility index (Phi) is 1.18. The van der Waals surface area contributed by atoms with E-state index in [2.05, 4.69) is 6.07 Å². The molecular formula is C11H11NO. The van der Waals surface area contributed by atoms with Gasteiger partial charge in [0.1, 0.15) is 11.3 Å². The average Bonchev–Trinajstić information content (AvgIpc) is 2.76. The number of benzene rings is 1. The summed E-state index contributed by atoms with van der Waals surface area (Å²) in [4.78, 5) is 0. The Morgan fingerprint density at radius 2 is 2.00 bits per heavy atom. The summed E-state index contributed by atoms with van der Waals surface area (Å²) in [5.74, 6) is 0.939. The van der Waals surface area contributed by atoms with Crippen molar-refractivity contribution in [3.63, 3.8) is 0 Å². The first-order valence-corrected chi connectivity index (χ1v) is 4.56. The van der Waals surface area contributed by atoms with Crippen LogP contribution in [-0.2, 0) is 5.54 Å². The van der Waals surface area contributed by atoms with Crippen molar-refractivity contribution in [2.24, 2.45) is 5.73 Å². The lowest BCUT2D eigenvalue weighted by Gasteiger charge is -2.01. The SMILES string of the molecule is NC1(c2cc3ccccc3o2)CC1. The summed E-state index contributed by atoms with van der Waals surface area (Å²) in [6, 6.07) is 10.1. The smallest absolute Gasteiger partial charge is 0.134 e. The van der Waals surface area contributed by atoms with E-state index >= 15 is 0 Å². The van der Waals surface area contributed by atoms with Crippen LogP contribution in [-0.4, -0.2) is 0 Å². The maximum Gasteiger partial charge on any atom is 0.134 e. The molecule has 0 aliphatic heterocycles. The molecule has 13 heavy (non-hydrogen) atoms. The Morgan fingerprint density at radius 3 is 2.69 bits per heavy atom. The number of furan rings is 1. The molecular weight excluding hydrogens is 162 g/mol. The molecule has 0 spiro atoms. The Balaban J connectivity index is 2.22. The van der Waals surface area contributed by atoms with Crippen molar-refractivity contribution in [1.29, 1.82) is 0 Å². The van der Waals surface area contributed by atoms with Crippen LogP contribution in [0, 0.1) is 0 Å². The van der Waals surface area contributed by atoms with Crippen molar-refractivity contribution in [2.45, 2.75) is 18.4 Å². The van der Waals surface area contributed by atoms with Crippen molar-refractivity contribution in [2.75, 3.05) is 0 Å². The fourth-order valence-corrected chi connectivity index (χ4v) is 1.61. The Labute approximate surface area is 76.3 Å². The van der Waals surface area contributed by atoms with Crippen molar-refractivity contribution in [1.82, 2.24) is 0 Å². The number of fused-ring (bicyclic) bond motifs is 1. The highest BCUT2D eigenvalue weighted by atomic mass is 16.3. The fraction of sp³-hybridized carbons (Fsp3) is 0.273. The second-order valence-corrected chi connectivity index (χ2v) is 3.80. The molecule has 2 nitrogen and oxygen atoms in total. The lowest BCUT2D eigenvalue weighted by molar-refractivity contribution is 0.486. The molecule has 2 heteroatoms. The molecule has 1 aromatic carbocycles. The lowest BCUT2D eigenvalue weighted by atomic mass is 10.2. The normalized spacial score (nSPS) is 19.2. The van der Waals surface area contributed by atoms with Gasteiger partial charge in [-0.2, -0.15) is 0 Å². The first-order chi connectivity index (χ1) is 6.28. The van der Waals surface area contributed by atoms with Gasteiger partial charge in [-0.3, -0.25) is 0 Å². The third-order valence-electron chi connectivity index (χ3n) is 2.70. The van der Waals surface area contributed by atoms with Crippen LogP contribution in [0.3, 0.4) is 0 Å². The Morgan fingerprint density at radius 1 is 1.23 bits per heavy atom. The van der Waals surface area contributed by atoms with Gasteiger partial charge in [-0.05, 0) is 25.0 Å². The van der Waals surface area contributed by atoms with Gasteiger partial charge in [0.15, 0.2) is 0 Å². The maximum atomic E-state index is 6.04. The lowest BCUT2D eigenvalue weighted by Crippen LogP contribution is -2.17. The maximum absolute atomic E-state index is 6.04. The van der Waals surface area contributed by atoms with Crippen LogP contribution in [0.15, 0.2) is 34.7 Å². The molecule has 0 unspecified atom stereocenters. The number of para-hydroxylation sites is 1. The summed E-state index contributed by atoms with van der Waals surface area (Å²) in [7, 11) is 0. The molecule has 0 atom stereocenters. The van der Waals surface area contributed by atoms with Gasteiger partial charge in [-0.25, -0.2) is 0 Å². The second-order valence-electron chi connectivity index (χ2n) is 3.80. The molecule has 1 aliphatic carbocycles. The summed E-state index contributed by atoms with van der Waals surface area (Å²) < 4.78 is 5.67. The van der Waals surface area contributed by atoms with Gasteiger partial charge >= 0.3 is 0 Å². The number of rotatable bonds is 1. The van der Waals surface area contributed by atoms with E-state index in [9.17, 15) is 0 Å². The van der Waals surface area contributed by atoms with Gasteiger partial charge in [-0.1, -0.05) is 18.2 Å². The first kappa shape index (κ1) is 7.15. The number of hydrogen-bond donors (Lipinski definition) is 1. The zero-order valence-electron chi connectivity index (χ0n) is 7.29. The van der Waals surface area contributed by atoms with Gasteiger partial charge in [0.05, 0.1) is 5.54 Å². The predicted molar refractivity (Wildman–Crippen MR) is 51.3 cm³/mol. The van der Waals surface area contributed by atoms with Crippen LogP contribution in [0.4, 0.5) is 0 Å². The van der Waals surface area contributed by atoms with Crippen LogP contribution in [0.2, 0.25) is 0 Å². The minimum Gasteiger partial charge on any atom is -0.459 e. The summed E-state index contributed by atoms with van der Waals surface area (Å²) in [5, 5.41) is 1.15. The predicted octanol–water partition coefficient (Wildman–Crippen LogP) is 2.38. The summed E-state index contributed by atoms with van der Waals surface area (Å²) in [5.41, 5.74) is 6.82. The van der Waals surface area contributed by atoms with Crippen LogP contribution in [0.25, 0.3) is 11.0 Å². The van der Waals surface area contributed by atoms with E-state index in [1.165, 1.54) is 0 Å². The topological polar surface area (TPSA) is 39.2 Å². The van der Waals surface area contributed by atoms with E-state index in [-0.39, 0.29) is 5.54 Å². The van der Waals surface area contributed by atoms with E-state index in [0.29, 0.717) is 0 Å². The highest BCUT2D eigenvalue weighted by molar-refractivity contribution is 5.78. The molecule has 1 saturated carbocycles. The molecule has 0 radical (unpaired) electrons. The summed E-state index contributed by atoms with van der Waals surface area (Å²) >= 11 is 0. The largest absolute Gasteiger partial charge is 0.459 e. The molecule has 0 amide bonds. The third-order valence-corrected chi connectivity index (χ3v) is 2.70. The van der Waals surface area contributed by atoms with E-state index in [1.54, 1.807) is 0 Å². The standard InChI is InChI=1S/C11H11NO/c12-11(5-6-11)10-7-8-3-1-2-4-9(8)13-10/h1-4,7H,5-6,12H2. The summed E-state index contributed by atoms with van der Waals surface area (Å²) in [6.07, 6.45) is 2.10. The van der Waals surface area contributed by atoms with Gasteiger partial charge in [0.25, 0.3) is 0 Å². The molecule has 1 aliphatic rings. The minimum atomic E-state index is -0.154. The molecule has 2 N–H and O–H groups in total. The Hall–Kier alpha value is -1.28. The van der Waals surface area contributed by atoms with Crippen LogP contribution >= 0.6 is 0 Å². The third kappa shape index (κ3) is 0.988. The molecule has 3 rings (SSSR count). The van der Waals surface area contributed by atoms with E-state index in [1.807, 2.05) is 24.3 Å². The molecule has 1 aromatic heterocycles. The zero-order valence-corrected chi connectivity index (χ0v) is 7.29. The highest BCUT2D eigenvalue weighted by Crippen LogP contribution is 2.44. The molecule has 0 bridgehead atoms. The first-order valence-electron chi connectivity index (χ1n) is 4.56. The van der Waals surface area contributed by atoms with Crippen LogP contribution in [0.5, 0.6) is 0 Å².